The van der Waals surface area contributed by atoms with E-state index >= 15 is 0 Å². The Morgan fingerprint density at radius 1 is 1.46 bits per heavy atom. The molecule has 2 aliphatic rings. The Morgan fingerprint density at radius 2 is 2.12 bits per heavy atom. The first kappa shape index (κ1) is 11.3. The molecule has 0 spiro atoms. The second-order valence-corrected chi connectivity index (χ2v) is 6.45. The third-order valence-corrected chi connectivity index (χ3v) is 5.20. The van der Waals surface area contributed by atoms with Gasteiger partial charge in [-0.3, -0.25) is 14.5 Å². The van der Waals surface area contributed by atoms with Crippen molar-refractivity contribution in [2.45, 2.75) is 24.4 Å². The summed E-state index contributed by atoms with van der Waals surface area (Å²) in [7, 11) is 0. The van der Waals surface area contributed by atoms with E-state index in [1.165, 1.54) is 11.8 Å². The monoisotopic (exact) mass is 352 g/mol. The zero-order chi connectivity index (χ0) is 21.8. The quantitative estimate of drug-likeness (QED) is 0.678. The predicted octanol–water partition coefficient (Wildman–Crippen LogP) is 0.445. The molecule has 0 bridgehead atoms. The van der Waals surface area contributed by atoms with E-state index in [-0.39, 0.29) is 11.3 Å². The molecule has 1 aromatic carbocycles. The lowest BCUT2D eigenvalue weighted by Gasteiger charge is -2.49. The summed E-state index contributed by atoms with van der Waals surface area (Å²) in [6.45, 7) is 1.61. The van der Waals surface area contributed by atoms with Gasteiger partial charge in [-0.2, -0.15) is 0 Å². The number of hydrogen-bond donors (Lipinski definition) is 3. The maximum atomic E-state index is 12.6. The standard InChI is InChI=1S/C16H17N3O4S/c1-8-7-24-15-11(14(21)19(15)12(8)16(22)23)18-13(20)10(17)9-5-3-2-4-6-9/h2-6,10-11,15H,7,17H2,1H3,(H,18,20)(H,22,23)/t10-,11+,15+/m1/s1/i2D,3D,4D,5D,6D. The largest absolute Gasteiger partial charge is 0.477 e. The van der Waals surface area contributed by atoms with Crippen LogP contribution in [0.25, 0.3) is 0 Å². The summed E-state index contributed by atoms with van der Waals surface area (Å²) in [6.07, 6.45) is 0. The van der Waals surface area contributed by atoms with Gasteiger partial charge in [-0.25, -0.2) is 4.79 Å². The van der Waals surface area contributed by atoms with Crippen molar-refractivity contribution in [1.82, 2.24) is 10.2 Å². The van der Waals surface area contributed by atoms with Crippen molar-refractivity contribution in [2.24, 2.45) is 5.73 Å². The molecule has 1 fully saturated rings. The first-order chi connectivity index (χ1) is 13.5. The Morgan fingerprint density at radius 3 is 2.75 bits per heavy atom. The number of carboxylic acids is 1. The van der Waals surface area contributed by atoms with Crippen molar-refractivity contribution in [3.8, 4) is 0 Å². The fourth-order valence-electron chi connectivity index (χ4n) is 2.56. The number of thioether (sulfide) groups is 1. The third kappa shape index (κ3) is 2.67. The molecule has 1 aromatic rings. The van der Waals surface area contributed by atoms with Crippen molar-refractivity contribution >= 4 is 29.5 Å². The van der Waals surface area contributed by atoms with Crippen LogP contribution in [0.5, 0.6) is 0 Å². The van der Waals surface area contributed by atoms with E-state index in [9.17, 15) is 19.5 Å². The Kier molecular flexibility index (Phi) is 2.95. The number of nitrogens with zero attached hydrogens (tertiary/aromatic N) is 1. The Labute approximate surface area is 149 Å². The second kappa shape index (κ2) is 6.29. The van der Waals surface area contributed by atoms with Crippen LogP contribution in [0.2, 0.25) is 0 Å². The average molecular weight is 352 g/mol. The number of nitrogens with two attached hydrogens (primary N) is 1. The van der Waals surface area contributed by atoms with Crippen molar-refractivity contribution in [3.05, 3.63) is 47.0 Å². The number of carboxylic acid groups (broad SMARTS) is 1. The molecular formula is C16H17N3O4S. The van der Waals surface area contributed by atoms with E-state index in [0.29, 0.717) is 11.3 Å². The molecule has 0 radical (unpaired) electrons. The minimum Gasteiger partial charge on any atom is -0.477 e. The molecule has 2 aliphatic heterocycles. The highest BCUT2D eigenvalue weighted by Crippen LogP contribution is 2.40. The lowest BCUT2D eigenvalue weighted by Crippen LogP contribution is -2.71. The SMILES string of the molecule is [2H]c1c([2H])c([2H])c([C@@H](N)C(=O)N[C@H]2C(=O)N3C(C(=O)O)=C(C)CS[C@@H]23)c([2H])c1[2H]. The Bertz CT molecular complexity index is 957. The van der Waals surface area contributed by atoms with Gasteiger partial charge in [0.15, 0.2) is 0 Å². The number of rotatable bonds is 4. The van der Waals surface area contributed by atoms with Crippen molar-refractivity contribution in [3.63, 3.8) is 0 Å². The maximum absolute atomic E-state index is 12.6. The molecule has 0 saturated carbocycles. The molecule has 1 saturated heterocycles. The number of amides is 2. The van der Waals surface area contributed by atoms with Gasteiger partial charge >= 0.3 is 5.97 Å². The predicted molar refractivity (Wildman–Crippen MR) is 88.7 cm³/mol. The highest BCUT2D eigenvalue weighted by atomic mass is 32.2. The molecular weight excluding hydrogens is 330 g/mol. The molecule has 4 N–H and O–H groups in total. The van der Waals surface area contributed by atoms with Gasteiger partial charge in [0.1, 0.15) is 23.2 Å². The van der Waals surface area contributed by atoms with Gasteiger partial charge in [0.05, 0.1) is 6.85 Å². The number of hydrogen-bond acceptors (Lipinski definition) is 5. The first-order valence-electron chi connectivity index (χ1n) is 9.49. The first-order valence-corrected chi connectivity index (χ1v) is 8.04. The highest BCUT2D eigenvalue weighted by molar-refractivity contribution is 8.00. The van der Waals surface area contributed by atoms with Crippen LogP contribution in [0, 0.1) is 0 Å². The van der Waals surface area contributed by atoms with Gasteiger partial charge in [0.25, 0.3) is 5.91 Å². The van der Waals surface area contributed by atoms with Crippen LogP contribution in [0.1, 0.15) is 25.4 Å². The van der Waals surface area contributed by atoms with E-state index in [1.807, 2.05) is 0 Å². The van der Waals surface area contributed by atoms with Crippen LogP contribution in [-0.2, 0) is 14.4 Å². The topological polar surface area (TPSA) is 113 Å². The van der Waals surface area contributed by atoms with Crippen LogP contribution < -0.4 is 11.1 Å². The number of nitrogens with one attached hydrogen (secondary N) is 1. The zero-order valence-electron chi connectivity index (χ0n) is 17.5. The van der Waals surface area contributed by atoms with Gasteiger partial charge in [-0.15, -0.1) is 11.8 Å². The van der Waals surface area contributed by atoms with E-state index in [2.05, 4.69) is 5.32 Å². The van der Waals surface area contributed by atoms with Gasteiger partial charge in [0.2, 0.25) is 5.91 Å². The molecule has 3 rings (SSSR count). The van der Waals surface area contributed by atoms with Crippen molar-refractivity contribution in [2.75, 3.05) is 5.75 Å². The van der Waals surface area contributed by atoms with Crippen LogP contribution in [0.4, 0.5) is 0 Å². The Balaban J connectivity index is 1.83. The summed E-state index contributed by atoms with van der Waals surface area (Å²) >= 11 is 1.29. The molecule has 2 heterocycles. The summed E-state index contributed by atoms with van der Waals surface area (Å²) in [6, 6.07) is -5.67. The zero-order valence-corrected chi connectivity index (χ0v) is 13.4. The number of aliphatic carboxylic acids is 1. The summed E-state index contributed by atoms with van der Waals surface area (Å²) in [5, 5.41) is 11.1. The summed E-state index contributed by atoms with van der Waals surface area (Å²) < 4.78 is 38.7. The molecule has 8 heteroatoms. The third-order valence-electron chi connectivity index (χ3n) is 3.77. The Hall–Kier alpha value is -2.32. The highest BCUT2D eigenvalue weighted by Gasteiger charge is 2.53. The van der Waals surface area contributed by atoms with Crippen LogP contribution >= 0.6 is 11.8 Å². The smallest absolute Gasteiger partial charge is 0.352 e. The van der Waals surface area contributed by atoms with Gasteiger partial charge in [-0.05, 0) is 18.1 Å². The fourth-order valence-corrected chi connectivity index (χ4v) is 3.86. The summed E-state index contributed by atoms with van der Waals surface area (Å²) in [5.74, 6) is -2.37. The normalized spacial score (nSPS) is 27.0. The van der Waals surface area contributed by atoms with Gasteiger partial charge in [0, 0.05) is 5.75 Å². The second-order valence-electron chi connectivity index (χ2n) is 5.35. The summed E-state index contributed by atoms with van der Waals surface area (Å²) in [4.78, 5) is 37.5. The summed E-state index contributed by atoms with van der Waals surface area (Å²) in [5.41, 5.74) is 5.89. The molecule has 0 aromatic heterocycles. The number of benzene rings is 1. The number of carbonyl (C=O) groups is 3. The van der Waals surface area contributed by atoms with Crippen LogP contribution in [0.15, 0.2) is 41.5 Å². The van der Waals surface area contributed by atoms with Crippen molar-refractivity contribution in [1.29, 1.82) is 0 Å². The van der Waals surface area contributed by atoms with Crippen molar-refractivity contribution < 1.29 is 26.3 Å². The number of fused-ring (bicyclic) bond motifs is 1. The minimum absolute atomic E-state index is 0.112. The van der Waals surface area contributed by atoms with Gasteiger partial charge in [-0.1, -0.05) is 30.2 Å². The van der Waals surface area contributed by atoms with E-state index in [0.717, 1.165) is 4.90 Å². The average Bonchev–Trinajstić information content (AvgIpc) is 2.68. The van der Waals surface area contributed by atoms with Crippen LogP contribution in [-0.4, -0.2) is 45.0 Å². The van der Waals surface area contributed by atoms with Gasteiger partial charge < -0.3 is 16.2 Å². The molecule has 2 amide bonds. The molecule has 7 nitrogen and oxygen atoms in total. The lowest BCUT2D eigenvalue weighted by atomic mass is 10.0. The number of β-lactam (4-membered cyclic amide) rings is 1. The molecule has 24 heavy (non-hydrogen) atoms. The van der Waals surface area contributed by atoms with Crippen LogP contribution in [0.3, 0.4) is 0 Å². The maximum Gasteiger partial charge on any atom is 0.352 e. The van der Waals surface area contributed by atoms with E-state index in [4.69, 9.17) is 12.6 Å². The molecule has 3 atom stereocenters. The molecule has 0 unspecified atom stereocenters. The number of carbonyl (C=O) groups excluding carboxylic acids is 2. The lowest BCUT2D eigenvalue weighted by molar-refractivity contribution is -0.150. The van der Waals surface area contributed by atoms with E-state index in [1.54, 1.807) is 6.92 Å². The fraction of sp³-hybridized carbons (Fsp3) is 0.312. The molecule has 126 valence electrons. The van der Waals surface area contributed by atoms with E-state index < -0.39 is 65.5 Å². The molecule has 0 aliphatic carbocycles. The minimum atomic E-state index is -1.60.